The van der Waals surface area contributed by atoms with Gasteiger partial charge in [0.15, 0.2) is 5.13 Å². The van der Waals surface area contributed by atoms with Crippen LogP contribution in [0.1, 0.15) is 0 Å². The molecule has 7 heteroatoms. The third-order valence-electron chi connectivity index (χ3n) is 4.70. The fourth-order valence-corrected chi connectivity index (χ4v) is 4.07. The zero-order valence-corrected chi connectivity index (χ0v) is 16.2. The van der Waals surface area contributed by atoms with Crippen molar-refractivity contribution in [2.45, 2.75) is 0 Å². The SMILES string of the molecule is O=C(CN1CCN(c2nc(-c3ccc(F)cc3)cs2)CC1)Nc1ccccc1. The van der Waals surface area contributed by atoms with Crippen molar-refractivity contribution in [1.29, 1.82) is 0 Å². The summed E-state index contributed by atoms with van der Waals surface area (Å²) in [4.78, 5) is 21.3. The van der Waals surface area contributed by atoms with Crippen LogP contribution in [0.4, 0.5) is 15.2 Å². The normalized spacial score (nSPS) is 14.8. The Kier molecular flexibility index (Phi) is 5.64. The number of thiazole rings is 1. The first-order chi connectivity index (χ1) is 13.7. The molecule has 2 aromatic carbocycles. The number of carbonyl (C=O) groups excluding carboxylic acids is 1. The Balaban J connectivity index is 1.29. The van der Waals surface area contributed by atoms with Gasteiger partial charge in [-0.2, -0.15) is 0 Å². The Morgan fingerprint density at radius 3 is 2.46 bits per heavy atom. The van der Waals surface area contributed by atoms with Crippen LogP contribution in [0.3, 0.4) is 0 Å². The van der Waals surface area contributed by atoms with E-state index in [9.17, 15) is 9.18 Å². The largest absolute Gasteiger partial charge is 0.346 e. The molecule has 0 atom stereocenters. The summed E-state index contributed by atoms with van der Waals surface area (Å²) in [5, 5.41) is 5.89. The third-order valence-corrected chi connectivity index (χ3v) is 5.60. The molecule has 1 aliphatic rings. The second kappa shape index (κ2) is 8.50. The van der Waals surface area contributed by atoms with Gasteiger partial charge in [-0.15, -0.1) is 11.3 Å². The van der Waals surface area contributed by atoms with Gasteiger partial charge in [-0.3, -0.25) is 9.69 Å². The molecule has 0 spiro atoms. The molecule has 1 aromatic heterocycles. The molecule has 2 heterocycles. The van der Waals surface area contributed by atoms with E-state index in [1.165, 1.54) is 12.1 Å². The minimum atomic E-state index is -0.244. The number of halogens is 1. The monoisotopic (exact) mass is 396 g/mol. The van der Waals surface area contributed by atoms with E-state index in [1.807, 2.05) is 35.7 Å². The quantitative estimate of drug-likeness (QED) is 0.714. The summed E-state index contributed by atoms with van der Waals surface area (Å²) in [5.41, 5.74) is 2.60. The highest BCUT2D eigenvalue weighted by atomic mass is 32.1. The van der Waals surface area contributed by atoms with E-state index < -0.39 is 0 Å². The molecule has 5 nitrogen and oxygen atoms in total. The van der Waals surface area contributed by atoms with Gasteiger partial charge in [0.2, 0.25) is 5.91 Å². The zero-order chi connectivity index (χ0) is 19.3. The fraction of sp³-hybridized carbons (Fsp3) is 0.238. The number of amides is 1. The molecule has 0 aliphatic carbocycles. The highest BCUT2D eigenvalue weighted by Gasteiger charge is 2.21. The Morgan fingerprint density at radius 2 is 1.75 bits per heavy atom. The highest BCUT2D eigenvalue weighted by molar-refractivity contribution is 7.14. The van der Waals surface area contributed by atoms with E-state index in [0.717, 1.165) is 48.3 Å². The van der Waals surface area contributed by atoms with E-state index in [0.29, 0.717) is 6.54 Å². The van der Waals surface area contributed by atoms with Gasteiger partial charge in [0.05, 0.1) is 12.2 Å². The molecule has 28 heavy (non-hydrogen) atoms. The highest BCUT2D eigenvalue weighted by Crippen LogP contribution is 2.28. The van der Waals surface area contributed by atoms with E-state index in [2.05, 4.69) is 15.1 Å². The number of aromatic nitrogens is 1. The van der Waals surface area contributed by atoms with Crippen molar-refractivity contribution < 1.29 is 9.18 Å². The number of hydrogen-bond donors (Lipinski definition) is 1. The van der Waals surface area contributed by atoms with Crippen LogP contribution >= 0.6 is 11.3 Å². The lowest BCUT2D eigenvalue weighted by Crippen LogP contribution is -2.48. The Hall–Kier alpha value is -2.77. The number of anilines is 2. The first-order valence-corrected chi connectivity index (χ1v) is 10.1. The first kappa shape index (κ1) is 18.6. The number of hydrogen-bond acceptors (Lipinski definition) is 5. The van der Waals surface area contributed by atoms with Crippen LogP contribution in [0.5, 0.6) is 0 Å². The van der Waals surface area contributed by atoms with E-state index in [-0.39, 0.29) is 11.7 Å². The average Bonchev–Trinajstić information content (AvgIpc) is 3.20. The minimum Gasteiger partial charge on any atom is -0.346 e. The van der Waals surface area contributed by atoms with Gasteiger partial charge in [-0.25, -0.2) is 9.37 Å². The summed E-state index contributed by atoms with van der Waals surface area (Å²) in [6.07, 6.45) is 0. The molecule has 144 valence electrons. The van der Waals surface area contributed by atoms with Gasteiger partial charge < -0.3 is 10.2 Å². The number of carbonyl (C=O) groups is 1. The maximum absolute atomic E-state index is 13.1. The van der Waals surface area contributed by atoms with E-state index in [1.54, 1.807) is 23.5 Å². The number of piperazine rings is 1. The van der Waals surface area contributed by atoms with E-state index >= 15 is 0 Å². The molecule has 1 N–H and O–H groups in total. The Labute approximate surface area is 167 Å². The van der Waals surface area contributed by atoms with Crippen molar-refractivity contribution >= 4 is 28.1 Å². The second-order valence-electron chi connectivity index (χ2n) is 6.70. The zero-order valence-electron chi connectivity index (χ0n) is 15.3. The molecule has 4 rings (SSSR count). The topological polar surface area (TPSA) is 48.5 Å². The summed E-state index contributed by atoms with van der Waals surface area (Å²) in [6.45, 7) is 3.67. The lowest BCUT2D eigenvalue weighted by molar-refractivity contribution is -0.117. The maximum atomic E-state index is 13.1. The molecule has 1 aliphatic heterocycles. The molecular formula is C21H21FN4OS. The smallest absolute Gasteiger partial charge is 0.238 e. The summed E-state index contributed by atoms with van der Waals surface area (Å²) in [5.74, 6) is -0.237. The predicted octanol–water partition coefficient (Wildman–Crippen LogP) is 3.71. The van der Waals surface area contributed by atoms with Crippen molar-refractivity contribution in [3.63, 3.8) is 0 Å². The van der Waals surface area contributed by atoms with Gasteiger partial charge in [-0.1, -0.05) is 18.2 Å². The predicted molar refractivity (Wildman–Crippen MR) is 111 cm³/mol. The molecule has 1 fully saturated rings. The maximum Gasteiger partial charge on any atom is 0.238 e. The fourth-order valence-electron chi connectivity index (χ4n) is 3.19. The molecule has 0 unspecified atom stereocenters. The van der Waals surface area contributed by atoms with Crippen LogP contribution in [0.15, 0.2) is 60.0 Å². The Morgan fingerprint density at radius 1 is 1.04 bits per heavy atom. The Bertz CT molecular complexity index is 921. The van der Waals surface area contributed by atoms with Crippen molar-refractivity contribution in [2.75, 3.05) is 42.9 Å². The van der Waals surface area contributed by atoms with Crippen LogP contribution in [-0.2, 0) is 4.79 Å². The molecule has 0 radical (unpaired) electrons. The lowest BCUT2D eigenvalue weighted by Gasteiger charge is -2.34. The second-order valence-corrected chi connectivity index (χ2v) is 7.54. The number of para-hydroxylation sites is 1. The van der Waals surface area contributed by atoms with Crippen molar-refractivity contribution in [2.24, 2.45) is 0 Å². The van der Waals surface area contributed by atoms with Gasteiger partial charge in [-0.05, 0) is 36.4 Å². The molecule has 0 bridgehead atoms. The molecule has 3 aromatic rings. The van der Waals surface area contributed by atoms with Crippen molar-refractivity contribution in [1.82, 2.24) is 9.88 Å². The molecule has 1 amide bonds. The van der Waals surface area contributed by atoms with Gasteiger partial charge in [0, 0.05) is 42.8 Å². The van der Waals surface area contributed by atoms with Gasteiger partial charge in [0.1, 0.15) is 5.82 Å². The summed E-state index contributed by atoms with van der Waals surface area (Å²) < 4.78 is 13.1. The molecule has 0 saturated carbocycles. The van der Waals surface area contributed by atoms with Crippen LogP contribution in [0.2, 0.25) is 0 Å². The first-order valence-electron chi connectivity index (χ1n) is 9.21. The number of nitrogens with one attached hydrogen (secondary N) is 1. The number of benzene rings is 2. The van der Waals surface area contributed by atoms with Crippen molar-refractivity contribution in [3.8, 4) is 11.3 Å². The molecule has 1 saturated heterocycles. The summed E-state index contributed by atoms with van der Waals surface area (Å²) in [6, 6.07) is 15.9. The third kappa shape index (κ3) is 4.55. The standard InChI is InChI=1S/C21H21FN4OS/c22-17-8-6-16(7-9-17)19-15-28-21(24-19)26-12-10-25(11-13-26)14-20(27)23-18-4-2-1-3-5-18/h1-9,15H,10-14H2,(H,23,27). The van der Waals surface area contributed by atoms with Crippen LogP contribution in [-0.4, -0.2) is 48.5 Å². The summed E-state index contributed by atoms with van der Waals surface area (Å²) in [7, 11) is 0. The number of nitrogens with zero attached hydrogens (tertiary/aromatic N) is 3. The van der Waals surface area contributed by atoms with E-state index in [4.69, 9.17) is 4.98 Å². The summed E-state index contributed by atoms with van der Waals surface area (Å²) >= 11 is 1.60. The molecular weight excluding hydrogens is 375 g/mol. The minimum absolute atomic E-state index is 0.00694. The van der Waals surface area contributed by atoms with Gasteiger partial charge in [0.25, 0.3) is 0 Å². The lowest BCUT2D eigenvalue weighted by atomic mass is 10.2. The average molecular weight is 396 g/mol. The van der Waals surface area contributed by atoms with Crippen LogP contribution < -0.4 is 10.2 Å². The number of rotatable bonds is 5. The van der Waals surface area contributed by atoms with Crippen LogP contribution in [0, 0.1) is 5.82 Å². The van der Waals surface area contributed by atoms with Gasteiger partial charge >= 0.3 is 0 Å². The van der Waals surface area contributed by atoms with Crippen LogP contribution in [0.25, 0.3) is 11.3 Å². The van der Waals surface area contributed by atoms with Crippen molar-refractivity contribution in [3.05, 3.63) is 65.8 Å².